The first-order valence-corrected chi connectivity index (χ1v) is 14.0. The largest absolute Gasteiger partial charge is 3.00 e. The van der Waals surface area contributed by atoms with Crippen molar-refractivity contribution in [2.24, 2.45) is 0 Å². The first-order chi connectivity index (χ1) is 14.9. The van der Waals surface area contributed by atoms with E-state index in [2.05, 4.69) is 37.3 Å². The van der Waals surface area contributed by atoms with Crippen molar-refractivity contribution in [2.75, 3.05) is 0 Å². The minimum absolute atomic E-state index is 0. The van der Waals surface area contributed by atoms with Crippen LogP contribution in [0.15, 0.2) is 30.3 Å². The van der Waals surface area contributed by atoms with Crippen molar-refractivity contribution >= 4 is 31.2 Å². The van der Waals surface area contributed by atoms with E-state index >= 15 is 0 Å². The Morgan fingerprint density at radius 2 is 0.771 bits per heavy atom. The van der Waals surface area contributed by atoms with Crippen LogP contribution < -0.4 is 0 Å². The van der Waals surface area contributed by atoms with Crippen LogP contribution in [0.5, 0.6) is 0 Å². The van der Waals surface area contributed by atoms with Crippen molar-refractivity contribution in [3.05, 3.63) is 35.9 Å². The summed E-state index contributed by atoms with van der Waals surface area (Å²) in [6, 6.07) is 10.9. The average molecular weight is 646 g/mol. The number of unbranched alkanes of at least 4 members (excludes halogenated alkanes) is 9. The van der Waals surface area contributed by atoms with E-state index in [9.17, 15) is 0 Å². The monoisotopic (exact) mass is 646 g/mol. The average Bonchev–Trinajstić information content (AvgIpc) is 2.60. The summed E-state index contributed by atoms with van der Waals surface area (Å²) in [6.45, 7) is 2.28. The first-order valence-electron chi connectivity index (χ1n) is 9.97. The second-order valence-corrected chi connectivity index (χ2v) is 9.09. The maximum Gasteiger partial charge on any atom is 3.00 e. The van der Waals surface area contributed by atoms with E-state index in [1.807, 2.05) is 0 Å². The molecule has 12 nitrogen and oxygen atoms in total. The van der Waals surface area contributed by atoms with E-state index in [0.29, 0.717) is 0 Å². The van der Waals surface area contributed by atoms with Gasteiger partial charge in [0.1, 0.15) is 0 Å². The molecule has 0 aliphatic heterocycles. The molecule has 0 fully saturated rings. The molecule has 208 valence electrons. The van der Waals surface area contributed by atoms with Gasteiger partial charge in [-0.1, -0.05) is 95.0 Å². The summed E-state index contributed by atoms with van der Waals surface area (Å²) in [7, 11) is -15.5. The van der Waals surface area contributed by atoms with Gasteiger partial charge in [0.05, 0.1) is 0 Å². The van der Waals surface area contributed by atoms with Crippen LogP contribution in [0.2, 0.25) is 0 Å². The predicted molar refractivity (Wildman–Crippen MR) is 113 cm³/mol. The van der Waals surface area contributed by atoms with Gasteiger partial charge in [-0.2, -0.15) is 0 Å². The molecule has 1 aromatic rings. The topological polar surface area (TPSA) is 241 Å². The van der Waals surface area contributed by atoms with Crippen molar-refractivity contribution in [2.45, 2.75) is 77.6 Å². The van der Waals surface area contributed by atoms with Gasteiger partial charge >= 0.3 is 34.1 Å². The number of aryl methyl sites for hydroxylation is 1. The third-order valence-electron chi connectivity index (χ3n) is 3.66. The molecular weight excluding hydrogens is 616 g/mol. The number of benzene rings is 1. The van der Waals surface area contributed by atoms with Gasteiger partial charge in [-0.15, -0.1) is 0 Å². The smallest absolute Gasteiger partial charge is 0.759 e. The molecule has 0 saturated carbocycles. The Morgan fingerprint density at radius 3 is 1.06 bits per heavy atom. The van der Waals surface area contributed by atoms with E-state index in [1.54, 1.807) is 0 Å². The van der Waals surface area contributed by atoms with E-state index in [1.165, 1.54) is 76.2 Å². The summed E-state index contributed by atoms with van der Waals surface area (Å²) in [6.07, 6.45) is 15.5. The number of rotatable bonds is 11. The van der Waals surface area contributed by atoms with Gasteiger partial charge in [0, 0.05) is 31.2 Å². The molecule has 0 saturated heterocycles. The van der Waals surface area contributed by atoms with E-state index in [0.717, 1.165) is 0 Å². The first kappa shape index (κ1) is 44.8. The molecule has 2 radical (unpaired) electrons. The summed E-state index contributed by atoms with van der Waals surface area (Å²) in [5.41, 5.74) is 1.50. The van der Waals surface area contributed by atoms with Crippen LogP contribution >= 0.6 is 0 Å². The van der Waals surface area contributed by atoms with Crippen molar-refractivity contribution in [1.82, 2.24) is 0 Å². The van der Waals surface area contributed by atoms with Gasteiger partial charge in [-0.3, -0.25) is 25.3 Å². The van der Waals surface area contributed by atoms with Crippen LogP contribution in [-0.4, -0.2) is 52.6 Å². The standard InChI is InChI=1S/C18H30.2Fe.3H2O4S/c1-2-3-4-5-6-7-8-9-10-12-15-18-16-13-11-14-17-18;;;3*1-5(2,3)4/h11,13-14,16-17H,2-10,12,15H2,1H3;;;3*(H2,1,2,3,4)/q;2*+3;;;/p-6. The Kier molecular flexibility index (Phi) is 34.5. The molecule has 0 spiro atoms. The van der Waals surface area contributed by atoms with Crippen molar-refractivity contribution in [3.63, 3.8) is 0 Å². The zero-order valence-electron chi connectivity index (χ0n) is 19.0. The summed E-state index contributed by atoms with van der Waals surface area (Å²) < 4.78 is 102. The maximum absolute atomic E-state index is 8.52. The Hall–Kier alpha value is -0.131. The third-order valence-corrected chi connectivity index (χ3v) is 3.66. The second-order valence-electron chi connectivity index (χ2n) is 6.64. The summed E-state index contributed by atoms with van der Waals surface area (Å²) >= 11 is 0. The summed E-state index contributed by atoms with van der Waals surface area (Å²) in [5.74, 6) is 0. The molecule has 0 amide bonds. The number of hydrogen-bond acceptors (Lipinski definition) is 12. The van der Waals surface area contributed by atoms with Crippen LogP contribution in [0.25, 0.3) is 0 Å². The van der Waals surface area contributed by atoms with Gasteiger partial charge in [-0.05, 0) is 18.4 Å². The molecule has 0 N–H and O–H groups in total. The third kappa shape index (κ3) is 87.1. The molecule has 0 aliphatic rings. The Morgan fingerprint density at radius 1 is 0.514 bits per heavy atom. The molecule has 1 aromatic carbocycles. The molecule has 0 heterocycles. The van der Waals surface area contributed by atoms with Crippen LogP contribution in [0.1, 0.15) is 76.7 Å². The Labute approximate surface area is 230 Å². The fourth-order valence-electron chi connectivity index (χ4n) is 2.46. The zero-order chi connectivity index (χ0) is 26.4. The van der Waals surface area contributed by atoms with E-state index in [-0.39, 0.29) is 34.1 Å². The van der Waals surface area contributed by atoms with Crippen molar-refractivity contribution in [3.8, 4) is 0 Å². The normalized spacial score (nSPS) is 10.5. The van der Waals surface area contributed by atoms with Gasteiger partial charge in [0.25, 0.3) is 0 Å². The van der Waals surface area contributed by atoms with Crippen molar-refractivity contribution in [1.29, 1.82) is 0 Å². The van der Waals surface area contributed by atoms with Gasteiger partial charge in [0.15, 0.2) is 0 Å². The van der Waals surface area contributed by atoms with Gasteiger partial charge in [-0.25, -0.2) is 0 Å². The second kappa shape index (κ2) is 26.9. The van der Waals surface area contributed by atoms with Crippen LogP contribution in [0.3, 0.4) is 0 Å². The Bertz CT molecular complexity index is 783. The molecule has 0 aliphatic carbocycles. The van der Waals surface area contributed by atoms with Gasteiger partial charge in [0.2, 0.25) is 0 Å². The molecule has 17 heteroatoms. The zero-order valence-corrected chi connectivity index (χ0v) is 23.7. The molecule has 35 heavy (non-hydrogen) atoms. The van der Waals surface area contributed by atoms with Crippen LogP contribution in [0.4, 0.5) is 0 Å². The van der Waals surface area contributed by atoms with Crippen LogP contribution in [-0.2, 0) is 71.8 Å². The molecule has 1 rings (SSSR count). The van der Waals surface area contributed by atoms with Crippen LogP contribution in [0, 0.1) is 0 Å². The molecular formula is C18H30Fe2O12S3. The quantitative estimate of drug-likeness (QED) is 0.145. The predicted octanol–water partition coefficient (Wildman–Crippen LogP) is 2.13. The summed E-state index contributed by atoms with van der Waals surface area (Å²) in [5, 5.41) is 0. The maximum atomic E-state index is 8.52. The Balaban J connectivity index is -0.000000146. The van der Waals surface area contributed by atoms with Crippen molar-refractivity contribution < 1.29 is 86.7 Å². The SMILES string of the molecule is CCCCCCCCCCCCc1ccccc1.O=S(=O)([O-])[O-].O=S(=O)([O-])[O-].O=S(=O)([O-])[O-].[Fe+3].[Fe+3]. The summed E-state index contributed by atoms with van der Waals surface area (Å²) in [4.78, 5) is 0. The van der Waals surface area contributed by atoms with E-state index < -0.39 is 31.2 Å². The molecule has 0 unspecified atom stereocenters. The molecule has 0 aromatic heterocycles. The van der Waals surface area contributed by atoms with Gasteiger partial charge < -0.3 is 27.3 Å². The fourth-order valence-corrected chi connectivity index (χ4v) is 2.46. The fraction of sp³-hybridized carbons (Fsp3) is 0.667. The van der Waals surface area contributed by atoms with E-state index in [4.69, 9.17) is 52.6 Å². The number of hydrogen-bond donors (Lipinski definition) is 0. The molecule has 0 atom stereocenters. The minimum atomic E-state index is -5.17. The minimum Gasteiger partial charge on any atom is -0.759 e. The molecule has 0 bridgehead atoms.